The third-order valence-corrected chi connectivity index (χ3v) is 4.10. The summed E-state index contributed by atoms with van der Waals surface area (Å²) in [6, 6.07) is 3.69. The molecule has 0 bridgehead atoms. The van der Waals surface area contributed by atoms with Crippen molar-refractivity contribution in [3.05, 3.63) is 23.9 Å². The molecule has 1 saturated heterocycles. The number of carbonyl (C=O) groups excluding carboxylic acids is 1. The smallest absolute Gasteiger partial charge is 0.252 e. The van der Waals surface area contributed by atoms with E-state index in [2.05, 4.69) is 15.2 Å². The zero-order valence-electron chi connectivity index (χ0n) is 13.8. The van der Waals surface area contributed by atoms with Crippen molar-refractivity contribution >= 4 is 11.7 Å². The topological polar surface area (TPSA) is 48.5 Å². The first-order valence-electron chi connectivity index (χ1n) is 8.31. The van der Waals surface area contributed by atoms with Crippen LogP contribution in [0.4, 0.5) is 5.82 Å². The molecule has 122 valence electrons. The van der Waals surface area contributed by atoms with Crippen LogP contribution in [0.3, 0.4) is 0 Å². The summed E-state index contributed by atoms with van der Waals surface area (Å²) in [6.07, 6.45) is 8.01. The Morgan fingerprint density at radius 1 is 1.23 bits per heavy atom. The highest BCUT2D eigenvalue weighted by molar-refractivity contribution is 5.94. The number of anilines is 1. The Balaban J connectivity index is 1.68. The monoisotopic (exact) mass is 304 g/mol. The molecule has 2 heterocycles. The Morgan fingerprint density at radius 2 is 1.95 bits per heavy atom. The molecule has 2 rings (SSSR count). The van der Waals surface area contributed by atoms with Crippen molar-refractivity contribution in [2.45, 2.75) is 32.1 Å². The SMILES string of the molecule is CN(C)c1ccc(C(=O)NCCCN2CCCCCC2)cn1. The normalized spacial score (nSPS) is 16.1. The predicted octanol–water partition coefficient (Wildman–Crippen LogP) is 2.14. The second kappa shape index (κ2) is 8.73. The number of aromatic nitrogens is 1. The Labute approximate surface area is 133 Å². The van der Waals surface area contributed by atoms with Gasteiger partial charge < -0.3 is 15.1 Å². The van der Waals surface area contributed by atoms with Gasteiger partial charge in [-0.1, -0.05) is 12.8 Å². The molecule has 1 amide bonds. The van der Waals surface area contributed by atoms with Crippen LogP contribution < -0.4 is 10.2 Å². The summed E-state index contributed by atoms with van der Waals surface area (Å²) in [6.45, 7) is 4.23. The van der Waals surface area contributed by atoms with Crippen LogP contribution in [0.15, 0.2) is 18.3 Å². The molecule has 0 spiro atoms. The molecule has 1 aromatic heterocycles. The fourth-order valence-electron chi connectivity index (χ4n) is 2.75. The summed E-state index contributed by atoms with van der Waals surface area (Å²) in [7, 11) is 3.87. The van der Waals surface area contributed by atoms with Gasteiger partial charge in [-0.05, 0) is 51.0 Å². The fourth-order valence-corrected chi connectivity index (χ4v) is 2.75. The number of carbonyl (C=O) groups is 1. The molecular formula is C17H28N4O. The van der Waals surface area contributed by atoms with Gasteiger partial charge in [0.2, 0.25) is 0 Å². The van der Waals surface area contributed by atoms with E-state index in [1.807, 2.05) is 31.1 Å². The third-order valence-electron chi connectivity index (χ3n) is 4.10. The summed E-state index contributed by atoms with van der Waals surface area (Å²) < 4.78 is 0. The van der Waals surface area contributed by atoms with E-state index in [-0.39, 0.29) is 5.91 Å². The molecule has 0 atom stereocenters. The Kier molecular flexibility index (Phi) is 6.65. The van der Waals surface area contributed by atoms with Crippen LogP contribution in [0.5, 0.6) is 0 Å². The van der Waals surface area contributed by atoms with Crippen LogP contribution in [0, 0.1) is 0 Å². The van der Waals surface area contributed by atoms with Gasteiger partial charge in [0.1, 0.15) is 5.82 Å². The van der Waals surface area contributed by atoms with Crippen molar-refractivity contribution < 1.29 is 4.79 Å². The first kappa shape index (κ1) is 16.7. The maximum absolute atomic E-state index is 12.1. The lowest BCUT2D eigenvalue weighted by atomic mass is 10.2. The van der Waals surface area contributed by atoms with Gasteiger partial charge in [0.15, 0.2) is 0 Å². The van der Waals surface area contributed by atoms with E-state index in [1.54, 1.807) is 6.20 Å². The van der Waals surface area contributed by atoms with E-state index < -0.39 is 0 Å². The first-order valence-corrected chi connectivity index (χ1v) is 8.31. The van der Waals surface area contributed by atoms with Gasteiger partial charge in [-0.2, -0.15) is 0 Å². The van der Waals surface area contributed by atoms with Crippen molar-refractivity contribution in [1.29, 1.82) is 0 Å². The average molecular weight is 304 g/mol. The molecule has 1 fully saturated rings. The molecule has 22 heavy (non-hydrogen) atoms. The highest BCUT2D eigenvalue weighted by Crippen LogP contribution is 2.10. The Morgan fingerprint density at radius 3 is 2.55 bits per heavy atom. The number of hydrogen-bond acceptors (Lipinski definition) is 4. The summed E-state index contributed by atoms with van der Waals surface area (Å²) >= 11 is 0. The standard InChI is InChI=1S/C17H28N4O/c1-20(2)16-9-8-15(14-19-16)17(22)18-10-7-13-21-11-5-3-4-6-12-21/h8-9,14H,3-7,10-13H2,1-2H3,(H,18,22). The second-order valence-electron chi connectivity index (χ2n) is 6.16. The van der Waals surface area contributed by atoms with Gasteiger partial charge in [0, 0.05) is 26.8 Å². The Bertz CT molecular complexity index is 450. The lowest BCUT2D eigenvalue weighted by Crippen LogP contribution is -2.30. The number of hydrogen-bond donors (Lipinski definition) is 1. The maximum atomic E-state index is 12.1. The third kappa shape index (κ3) is 5.30. The molecule has 1 N–H and O–H groups in total. The maximum Gasteiger partial charge on any atom is 0.252 e. The molecule has 1 aliphatic heterocycles. The minimum absolute atomic E-state index is 0.0336. The van der Waals surface area contributed by atoms with Crippen LogP contribution in [0.1, 0.15) is 42.5 Å². The summed E-state index contributed by atoms with van der Waals surface area (Å²) in [5.74, 6) is 0.825. The van der Waals surface area contributed by atoms with Crippen LogP contribution in [-0.4, -0.2) is 56.1 Å². The largest absolute Gasteiger partial charge is 0.363 e. The predicted molar refractivity (Wildman–Crippen MR) is 90.4 cm³/mol. The quantitative estimate of drug-likeness (QED) is 0.818. The molecule has 5 nitrogen and oxygen atoms in total. The van der Waals surface area contributed by atoms with Crippen LogP contribution in [0.2, 0.25) is 0 Å². The van der Waals surface area contributed by atoms with E-state index in [0.29, 0.717) is 5.56 Å². The average Bonchev–Trinajstić information content (AvgIpc) is 2.80. The van der Waals surface area contributed by atoms with Crippen molar-refractivity contribution in [3.63, 3.8) is 0 Å². The van der Waals surface area contributed by atoms with Crippen LogP contribution in [-0.2, 0) is 0 Å². The molecule has 0 unspecified atom stereocenters. The van der Waals surface area contributed by atoms with Crippen molar-refractivity contribution in [2.75, 3.05) is 45.2 Å². The van der Waals surface area contributed by atoms with Crippen molar-refractivity contribution in [1.82, 2.24) is 15.2 Å². The second-order valence-corrected chi connectivity index (χ2v) is 6.16. The first-order chi connectivity index (χ1) is 10.7. The lowest BCUT2D eigenvalue weighted by Gasteiger charge is -2.19. The number of likely N-dealkylation sites (tertiary alicyclic amines) is 1. The van der Waals surface area contributed by atoms with E-state index in [9.17, 15) is 4.79 Å². The number of nitrogens with one attached hydrogen (secondary N) is 1. The molecule has 0 radical (unpaired) electrons. The molecule has 1 aliphatic rings. The fraction of sp³-hybridized carbons (Fsp3) is 0.647. The van der Waals surface area contributed by atoms with E-state index in [0.717, 1.165) is 25.3 Å². The van der Waals surface area contributed by atoms with Gasteiger partial charge in [-0.3, -0.25) is 4.79 Å². The summed E-state index contributed by atoms with van der Waals surface area (Å²) in [4.78, 5) is 20.8. The van der Waals surface area contributed by atoms with E-state index in [4.69, 9.17) is 0 Å². The lowest BCUT2D eigenvalue weighted by molar-refractivity contribution is 0.0951. The minimum Gasteiger partial charge on any atom is -0.363 e. The van der Waals surface area contributed by atoms with Gasteiger partial charge in [0.05, 0.1) is 5.56 Å². The Hall–Kier alpha value is -1.62. The number of pyridine rings is 1. The van der Waals surface area contributed by atoms with E-state index in [1.165, 1.54) is 38.8 Å². The molecular weight excluding hydrogens is 276 g/mol. The number of rotatable bonds is 6. The molecule has 0 aliphatic carbocycles. The van der Waals surface area contributed by atoms with Gasteiger partial charge in [0.25, 0.3) is 5.91 Å². The highest BCUT2D eigenvalue weighted by Gasteiger charge is 2.09. The molecule has 0 saturated carbocycles. The van der Waals surface area contributed by atoms with Gasteiger partial charge >= 0.3 is 0 Å². The summed E-state index contributed by atoms with van der Waals surface area (Å²) in [5, 5.41) is 2.98. The van der Waals surface area contributed by atoms with Crippen LogP contribution >= 0.6 is 0 Å². The molecule has 5 heteroatoms. The number of amides is 1. The molecule has 0 aromatic carbocycles. The van der Waals surface area contributed by atoms with Crippen molar-refractivity contribution in [2.24, 2.45) is 0 Å². The zero-order valence-corrected chi connectivity index (χ0v) is 13.8. The van der Waals surface area contributed by atoms with Gasteiger partial charge in [-0.25, -0.2) is 4.98 Å². The number of nitrogens with zero attached hydrogens (tertiary/aromatic N) is 3. The molecule has 1 aromatic rings. The van der Waals surface area contributed by atoms with Crippen LogP contribution in [0.25, 0.3) is 0 Å². The van der Waals surface area contributed by atoms with Crippen molar-refractivity contribution in [3.8, 4) is 0 Å². The summed E-state index contributed by atoms with van der Waals surface area (Å²) in [5.41, 5.74) is 0.625. The van der Waals surface area contributed by atoms with Gasteiger partial charge in [-0.15, -0.1) is 0 Å². The minimum atomic E-state index is -0.0336. The van der Waals surface area contributed by atoms with E-state index >= 15 is 0 Å². The zero-order chi connectivity index (χ0) is 15.8. The highest BCUT2D eigenvalue weighted by atomic mass is 16.1.